The Morgan fingerprint density at radius 2 is 2.26 bits per heavy atom. The summed E-state index contributed by atoms with van der Waals surface area (Å²) in [6, 6.07) is 0.310. The van der Waals surface area contributed by atoms with E-state index in [4.69, 9.17) is 0 Å². The van der Waals surface area contributed by atoms with E-state index < -0.39 is 0 Å². The van der Waals surface area contributed by atoms with E-state index in [-0.39, 0.29) is 5.91 Å². The standard InChI is InChI=1S/C14H22N4O/c1-9-4-3-7-18(10(9)2)14(19)13-11-8-15-6-5-12(11)16-17-13/h9-10,15H,3-8H2,1-2H3,(H,16,17). The molecule has 3 rings (SSSR count). The number of hydrogen-bond acceptors (Lipinski definition) is 3. The SMILES string of the molecule is CC1CCCN(C(=O)c2n[nH]c3c2CNCC3)C1C. The minimum absolute atomic E-state index is 0.0975. The maximum atomic E-state index is 12.7. The van der Waals surface area contributed by atoms with Crippen molar-refractivity contribution in [1.29, 1.82) is 0 Å². The summed E-state index contributed by atoms with van der Waals surface area (Å²) in [6.45, 7) is 6.95. The maximum Gasteiger partial charge on any atom is 0.274 e. The van der Waals surface area contributed by atoms with Crippen LogP contribution in [0.1, 0.15) is 48.4 Å². The Kier molecular flexibility index (Phi) is 3.31. The second-order valence-electron chi connectivity index (χ2n) is 5.81. The van der Waals surface area contributed by atoms with Gasteiger partial charge < -0.3 is 10.2 Å². The van der Waals surface area contributed by atoms with E-state index in [1.807, 2.05) is 4.90 Å². The first-order chi connectivity index (χ1) is 9.18. The molecule has 1 saturated heterocycles. The Bertz CT molecular complexity index is 482. The average Bonchev–Trinajstić information content (AvgIpc) is 2.85. The van der Waals surface area contributed by atoms with Gasteiger partial charge in [0.05, 0.1) is 0 Å². The van der Waals surface area contributed by atoms with Crippen LogP contribution >= 0.6 is 0 Å². The molecule has 0 aromatic carbocycles. The highest BCUT2D eigenvalue weighted by atomic mass is 16.2. The molecule has 19 heavy (non-hydrogen) atoms. The third-order valence-electron chi connectivity index (χ3n) is 4.64. The van der Waals surface area contributed by atoms with E-state index >= 15 is 0 Å². The molecule has 0 saturated carbocycles. The Morgan fingerprint density at radius 3 is 3.11 bits per heavy atom. The Hall–Kier alpha value is -1.36. The smallest absolute Gasteiger partial charge is 0.274 e. The molecule has 1 aromatic rings. The lowest BCUT2D eigenvalue weighted by molar-refractivity contribution is 0.0543. The number of nitrogens with one attached hydrogen (secondary N) is 2. The molecular formula is C14H22N4O. The molecule has 104 valence electrons. The highest BCUT2D eigenvalue weighted by Crippen LogP contribution is 2.26. The molecule has 2 unspecified atom stereocenters. The summed E-state index contributed by atoms with van der Waals surface area (Å²) in [6.07, 6.45) is 3.24. The molecule has 2 atom stereocenters. The second-order valence-corrected chi connectivity index (χ2v) is 5.81. The number of likely N-dealkylation sites (tertiary alicyclic amines) is 1. The summed E-state index contributed by atoms with van der Waals surface area (Å²) in [5, 5.41) is 10.6. The van der Waals surface area contributed by atoms with E-state index in [1.54, 1.807) is 0 Å². The molecule has 2 aliphatic rings. The predicted molar refractivity (Wildman–Crippen MR) is 72.9 cm³/mol. The fourth-order valence-electron chi connectivity index (χ4n) is 3.16. The third-order valence-corrected chi connectivity index (χ3v) is 4.64. The first kappa shape index (κ1) is 12.7. The van der Waals surface area contributed by atoms with Crippen LogP contribution < -0.4 is 5.32 Å². The number of aromatic amines is 1. The number of fused-ring (bicyclic) bond motifs is 1. The lowest BCUT2D eigenvalue weighted by Gasteiger charge is -2.37. The number of piperidine rings is 1. The second kappa shape index (κ2) is 4.96. The third kappa shape index (κ3) is 2.16. The first-order valence-corrected chi connectivity index (χ1v) is 7.26. The van der Waals surface area contributed by atoms with Crippen LogP contribution in [0.4, 0.5) is 0 Å². The number of carbonyl (C=O) groups excluding carboxylic acids is 1. The van der Waals surface area contributed by atoms with Gasteiger partial charge in [-0.25, -0.2) is 0 Å². The molecule has 3 heterocycles. The van der Waals surface area contributed by atoms with Crippen LogP contribution in [0.15, 0.2) is 0 Å². The summed E-state index contributed by atoms with van der Waals surface area (Å²) in [5.74, 6) is 0.672. The molecule has 0 radical (unpaired) electrons. The number of aromatic nitrogens is 2. The van der Waals surface area contributed by atoms with Gasteiger partial charge in [-0.05, 0) is 25.7 Å². The quantitative estimate of drug-likeness (QED) is 0.802. The predicted octanol–water partition coefficient (Wildman–Crippen LogP) is 1.32. The number of nitrogens with zero attached hydrogens (tertiary/aromatic N) is 2. The van der Waals surface area contributed by atoms with Crippen molar-refractivity contribution in [2.45, 2.75) is 45.7 Å². The highest BCUT2D eigenvalue weighted by molar-refractivity contribution is 5.94. The van der Waals surface area contributed by atoms with Crippen molar-refractivity contribution in [2.75, 3.05) is 13.1 Å². The van der Waals surface area contributed by atoms with E-state index in [0.717, 1.165) is 43.7 Å². The van der Waals surface area contributed by atoms with Gasteiger partial charge in [-0.1, -0.05) is 6.92 Å². The number of rotatable bonds is 1. The molecule has 2 aliphatic heterocycles. The van der Waals surface area contributed by atoms with Crippen LogP contribution in [0.2, 0.25) is 0 Å². The number of carbonyl (C=O) groups is 1. The van der Waals surface area contributed by atoms with Gasteiger partial charge >= 0.3 is 0 Å². The molecule has 5 nitrogen and oxygen atoms in total. The number of hydrogen-bond donors (Lipinski definition) is 2. The zero-order chi connectivity index (χ0) is 13.4. The number of amides is 1. The van der Waals surface area contributed by atoms with Gasteiger partial charge in [0, 0.05) is 43.4 Å². The van der Waals surface area contributed by atoms with Gasteiger partial charge in [0.2, 0.25) is 0 Å². The van der Waals surface area contributed by atoms with Crippen LogP contribution in [0.3, 0.4) is 0 Å². The average molecular weight is 262 g/mol. The Labute approximate surface area is 113 Å². The van der Waals surface area contributed by atoms with Crippen LogP contribution in [-0.4, -0.2) is 40.1 Å². The number of H-pyrrole nitrogens is 1. The van der Waals surface area contributed by atoms with Crippen molar-refractivity contribution in [2.24, 2.45) is 5.92 Å². The zero-order valence-corrected chi connectivity index (χ0v) is 11.7. The Balaban J connectivity index is 1.85. The minimum atomic E-state index is 0.0975. The first-order valence-electron chi connectivity index (χ1n) is 7.26. The van der Waals surface area contributed by atoms with Crippen molar-refractivity contribution in [3.63, 3.8) is 0 Å². The summed E-state index contributed by atoms with van der Waals surface area (Å²) in [4.78, 5) is 14.7. The van der Waals surface area contributed by atoms with Gasteiger partial charge in [-0.2, -0.15) is 5.10 Å². The van der Waals surface area contributed by atoms with Gasteiger partial charge in [-0.15, -0.1) is 0 Å². The fourth-order valence-corrected chi connectivity index (χ4v) is 3.16. The van der Waals surface area contributed by atoms with E-state index in [2.05, 4.69) is 29.4 Å². The van der Waals surface area contributed by atoms with Crippen molar-refractivity contribution < 1.29 is 4.79 Å². The van der Waals surface area contributed by atoms with Crippen LogP contribution in [-0.2, 0) is 13.0 Å². The van der Waals surface area contributed by atoms with E-state index in [1.165, 1.54) is 6.42 Å². The summed E-state index contributed by atoms with van der Waals surface area (Å²) in [5.41, 5.74) is 2.82. The maximum absolute atomic E-state index is 12.7. The molecule has 0 aliphatic carbocycles. The summed E-state index contributed by atoms with van der Waals surface area (Å²) in [7, 11) is 0. The van der Waals surface area contributed by atoms with Crippen LogP contribution in [0.5, 0.6) is 0 Å². The molecule has 0 bridgehead atoms. The van der Waals surface area contributed by atoms with Gasteiger partial charge in [0.15, 0.2) is 5.69 Å². The molecule has 2 N–H and O–H groups in total. The lowest BCUT2D eigenvalue weighted by Crippen LogP contribution is -2.46. The van der Waals surface area contributed by atoms with E-state index in [9.17, 15) is 4.79 Å². The summed E-state index contributed by atoms with van der Waals surface area (Å²) >= 11 is 0. The normalized spacial score (nSPS) is 27.2. The largest absolute Gasteiger partial charge is 0.334 e. The summed E-state index contributed by atoms with van der Waals surface area (Å²) < 4.78 is 0. The topological polar surface area (TPSA) is 61.0 Å². The highest BCUT2D eigenvalue weighted by Gasteiger charge is 2.32. The van der Waals surface area contributed by atoms with Crippen molar-refractivity contribution in [3.05, 3.63) is 17.0 Å². The van der Waals surface area contributed by atoms with Crippen LogP contribution in [0, 0.1) is 5.92 Å². The molecule has 1 fully saturated rings. The fraction of sp³-hybridized carbons (Fsp3) is 0.714. The lowest BCUT2D eigenvalue weighted by atomic mass is 9.91. The van der Waals surface area contributed by atoms with Gasteiger partial charge in [0.1, 0.15) is 0 Å². The monoisotopic (exact) mass is 262 g/mol. The molecule has 1 amide bonds. The van der Waals surface area contributed by atoms with Crippen molar-refractivity contribution in [1.82, 2.24) is 20.4 Å². The van der Waals surface area contributed by atoms with Gasteiger partial charge in [-0.3, -0.25) is 9.89 Å². The zero-order valence-electron chi connectivity index (χ0n) is 11.7. The molecular weight excluding hydrogens is 240 g/mol. The van der Waals surface area contributed by atoms with Gasteiger partial charge in [0.25, 0.3) is 5.91 Å². The van der Waals surface area contributed by atoms with Crippen molar-refractivity contribution >= 4 is 5.91 Å². The van der Waals surface area contributed by atoms with Crippen molar-refractivity contribution in [3.8, 4) is 0 Å². The molecule has 5 heteroatoms. The Morgan fingerprint density at radius 1 is 1.42 bits per heavy atom. The molecule has 1 aromatic heterocycles. The van der Waals surface area contributed by atoms with Crippen LogP contribution in [0.25, 0.3) is 0 Å². The minimum Gasteiger partial charge on any atom is -0.334 e. The molecule has 0 spiro atoms. The van der Waals surface area contributed by atoms with E-state index in [0.29, 0.717) is 17.7 Å².